The van der Waals surface area contributed by atoms with Gasteiger partial charge in [-0.2, -0.15) is 0 Å². The molecule has 0 aliphatic heterocycles. The Hall–Kier alpha value is -1.59. The zero-order valence-corrected chi connectivity index (χ0v) is 14.7. The average Bonchev–Trinajstić information content (AvgIpc) is 2.91. The predicted molar refractivity (Wildman–Crippen MR) is 98.7 cm³/mol. The lowest BCUT2D eigenvalue weighted by atomic mass is 10.0. The van der Waals surface area contributed by atoms with Crippen LogP contribution in [0.3, 0.4) is 0 Å². The van der Waals surface area contributed by atoms with Crippen LogP contribution in [0.15, 0.2) is 54.7 Å². The van der Waals surface area contributed by atoms with Gasteiger partial charge < -0.3 is 15.0 Å². The Morgan fingerprint density at radius 1 is 1.21 bits per heavy atom. The van der Waals surface area contributed by atoms with Gasteiger partial charge in [0.25, 0.3) is 0 Å². The lowest BCUT2D eigenvalue weighted by Crippen LogP contribution is -2.33. The summed E-state index contributed by atoms with van der Waals surface area (Å²) in [7, 11) is 1.77. The number of fused-ring (bicyclic) bond motifs is 1. The van der Waals surface area contributed by atoms with Crippen LogP contribution >= 0.6 is 24.0 Å². The minimum absolute atomic E-state index is 0. The molecule has 2 aromatic carbocycles. The molecule has 0 aliphatic rings. The summed E-state index contributed by atoms with van der Waals surface area (Å²) in [6.07, 6.45) is 1.18. The maximum atomic E-state index is 13.8. The molecule has 1 heterocycles. The molecular formula is C18H19Cl2FN2O. The van der Waals surface area contributed by atoms with Crippen molar-refractivity contribution < 1.29 is 9.50 Å². The molecule has 0 aliphatic carbocycles. The van der Waals surface area contributed by atoms with Crippen molar-refractivity contribution in [1.29, 1.82) is 0 Å². The Morgan fingerprint density at radius 2 is 1.96 bits per heavy atom. The molecular weight excluding hydrogens is 350 g/mol. The highest BCUT2D eigenvalue weighted by Gasteiger charge is 2.24. The summed E-state index contributed by atoms with van der Waals surface area (Å²) >= 11 is 6.01. The number of para-hydroxylation sites is 1. The number of rotatable bonds is 5. The summed E-state index contributed by atoms with van der Waals surface area (Å²) in [6.45, 7) is 0.380. The standard InChI is InChI=1S/C18H18ClFN2O.ClH/c1-21-11-17(23)18(13-8-14(19)10-15(20)9-13)22-7-6-12-4-2-3-5-16(12)22;/h2-10,17-18,21,23H,11H2,1H3;1H/t17-,18+;/m1./s1. The molecule has 0 saturated heterocycles. The largest absolute Gasteiger partial charge is 0.389 e. The number of benzene rings is 2. The van der Waals surface area contributed by atoms with Gasteiger partial charge in [0.2, 0.25) is 0 Å². The van der Waals surface area contributed by atoms with Crippen LogP contribution in [0.4, 0.5) is 4.39 Å². The van der Waals surface area contributed by atoms with Crippen molar-refractivity contribution in [3.05, 3.63) is 71.1 Å². The lowest BCUT2D eigenvalue weighted by Gasteiger charge is -2.26. The summed E-state index contributed by atoms with van der Waals surface area (Å²) in [6, 6.07) is 13.8. The van der Waals surface area contributed by atoms with E-state index in [0.717, 1.165) is 10.9 Å². The molecule has 6 heteroatoms. The molecule has 128 valence electrons. The third-order valence-corrected chi connectivity index (χ3v) is 4.15. The highest BCUT2D eigenvalue weighted by molar-refractivity contribution is 6.30. The molecule has 1 aromatic heterocycles. The first-order valence-electron chi connectivity index (χ1n) is 7.44. The Balaban J connectivity index is 0.00000208. The van der Waals surface area contributed by atoms with Crippen molar-refractivity contribution in [2.24, 2.45) is 0 Å². The van der Waals surface area contributed by atoms with E-state index in [9.17, 15) is 9.50 Å². The number of aliphatic hydroxyl groups excluding tert-OH is 1. The van der Waals surface area contributed by atoms with Gasteiger partial charge in [0.05, 0.1) is 12.1 Å². The molecule has 0 unspecified atom stereocenters. The second kappa shape index (κ2) is 7.99. The zero-order chi connectivity index (χ0) is 16.4. The molecule has 0 bridgehead atoms. The van der Waals surface area contributed by atoms with Gasteiger partial charge in [0.15, 0.2) is 0 Å². The van der Waals surface area contributed by atoms with Crippen LogP contribution in [0.2, 0.25) is 5.02 Å². The van der Waals surface area contributed by atoms with E-state index in [1.807, 2.05) is 41.1 Å². The topological polar surface area (TPSA) is 37.2 Å². The Morgan fingerprint density at radius 3 is 2.67 bits per heavy atom. The van der Waals surface area contributed by atoms with E-state index in [1.165, 1.54) is 12.1 Å². The lowest BCUT2D eigenvalue weighted by molar-refractivity contribution is 0.132. The molecule has 0 radical (unpaired) electrons. The second-order valence-electron chi connectivity index (χ2n) is 5.55. The van der Waals surface area contributed by atoms with Crippen LogP contribution in [-0.2, 0) is 0 Å². The predicted octanol–water partition coefficient (Wildman–Crippen LogP) is 4.03. The molecule has 0 saturated carbocycles. The number of halogens is 3. The first-order valence-corrected chi connectivity index (χ1v) is 7.82. The number of aliphatic hydroxyl groups is 1. The van der Waals surface area contributed by atoms with Crippen molar-refractivity contribution in [3.8, 4) is 0 Å². The van der Waals surface area contributed by atoms with Crippen LogP contribution in [0.1, 0.15) is 11.6 Å². The second-order valence-corrected chi connectivity index (χ2v) is 5.99. The van der Waals surface area contributed by atoms with E-state index < -0.39 is 18.0 Å². The molecule has 24 heavy (non-hydrogen) atoms. The van der Waals surface area contributed by atoms with Gasteiger partial charge in [0, 0.05) is 23.3 Å². The highest BCUT2D eigenvalue weighted by atomic mass is 35.5. The van der Waals surface area contributed by atoms with E-state index in [-0.39, 0.29) is 12.4 Å². The smallest absolute Gasteiger partial charge is 0.125 e. The minimum atomic E-state index is -0.728. The van der Waals surface area contributed by atoms with Gasteiger partial charge in [-0.1, -0.05) is 29.8 Å². The SMILES string of the molecule is CNC[C@@H](O)[C@H](c1cc(F)cc(Cl)c1)n1ccc2ccccc21.Cl. The van der Waals surface area contributed by atoms with E-state index in [4.69, 9.17) is 11.6 Å². The Labute approximate surface area is 151 Å². The Bertz CT molecular complexity index is 801. The number of nitrogens with one attached hydrogen (secondary N) is 1. The fraction of sp³-hybridized carbons (Fsp3) is 0.222. The molecule has 3 aromatic rings. The molecule has 3 nitrogen and oxygen atoms in total. The molecule has 0 spiro atoms. The van der Waals surface area contributed by atoms with Gasteiger partial charge in [-0.3, -0.25) is 0 Å². The van der Waals surface area contributed by atoms with Gasteiger partial charge >= 0.3 is 0 Å². The van der Waals surface area contributed by atoms with Crippen molar-refractivity contribution in [2.45, 2.75) is 12.1 Å². The first kappa shape index (κ1) is 18.7. The van der Waals surface area contributed by atoms with Crippen LogP contribution < -0.4 is 5.32 Å². The third kappa shape index (κ3) is 3.73. The maximum Gasteiger partial charge on any atom is 0.125 e. The molecule has 0 fully saturated rings. The zero-order valence-electron chi connectivity index (χ0n) is 13.1. The van der Waals surface area contributed by atoms with E-state index >= 15 is 0 Å². The fourth-order valence-electron chi connectivity index (χ4n) is 2.98. The van der Waals surface area contributed by atoms with Crippen molar-refractivity contribution in [3.63, 3.8) is 0 Å². The summed E-state index contributed by atoms with van der Waals surface area (Å²) in [5.74, 6) is -0.411. The molecule has 2 atom stereocenters. The monoisotopic (exact) mass is 368 g/mol. The first-order chi connectivity index (χ1) is 11.1. The summed E-state index contributed by atoms with van der Waals surface area (Å²) in [4.78, 5) is 0. The number of aromatic nitrogens is 1. The van der Waals surface area contributed by atoms with Crippen molar-refractivity contribution >= 4 is 34.9 Å². The number of hydrogen-bond donors (Lipinski definition) is 2. The van der Waals surface area contributed by atoms with Crippen LogP contribution in [0.25, 0.3) is 10.9 Å². The molecule has 2 N–H and O–H groups in total. The van der Waals surface area contributed by atoms with Crippen molar-refractivity contribution in [1.82, 2.24) is 9.88 Å². The Kier molecular flexibility index (Phi) is 6.24. The van der Waals surface area contributed by atoms with Crippen molar-refractivity contribution in [2.75, 3.05) is 13.6 Å². The third-order valence-electron chi connectivity index (χ3n) is 3.93. The number of hydrogen-bond acceptors (Lipinski definition) is 2. The number of nitrogens with zero attached hydrogens (tertiary/aromatic N) is 1. The summed E-state index contributed by atoms with van der Waals surface area (Å²) in [5, 5.41) is 15.0. The summed E-state index contributed by atoms with van der Waals surface area (Å²) in [5.41, 5.74) is 1.62. The number of likely N-dealkylation sites (N-methyl/N-ethyl adjacent to an activating group) is 1. The van der Waals surface area contributed by atoms with E-state index in [0.29, 0.717) is 17.1 Å². The van der Waals surface area contributed by atoms with E-state index in [1.54, 1.807) is 13.1 Å². The average molecular weight is 369 g/mol. The minimum Gasteiger partial charge on any atom is -0.389 e. The van der Waals surface area contributed by atoms with Gasteiger partial charge in [0.1, 0.15) is 5.82 Å². The van der Waals surface area contributed by atoms with Crippen LogP contribution in [0, 0.1) is 5.82 Å². The maximum absolute atomic E-state index is 13.8. The highest BCUT2D eigenvalue weighted by Crippen LogP contribution is 2.30. The van der Waals surface area contributed by atoms with Gasteiger partial charge in [-0.25, -0.2) is 4.39 Å². The normalized spacial score (nSPS) is 13.5. The molecule has 3 rings (SSSR count). The van der Waals surface area contributed by atoms with Crippen LogP contribution in [-0.4, -0.2) is 29.4 Å². The van der Waals surface area contributed by atoms with Gasteiger partial charge in [-0.15, -0.1) is 12.4 Å². The quantitative estimate of drug-likeness (QED) is 0.713. The van der Waals surface area contributed by atoms with Gasteiger partial charge in [-0.05, 0) is 48.3 Å². The summed E-state index contributed by atoms with van der Waals surface area (Å²) < 4.78 is 15.8. The van der Waals surface area contributed by atoms with Crippen LogP contribution in [0.5, 0.6) is 0 Å². The fourth-order valence-corrected chi connectivity index (χ4v) is 3.21. The van der Waals surface area contributed by atoms with E-state index in [2.05, 4.69) is 5.32 Å². The molecule has 0 amide bonds.